The van der Waals surface area contributed by atoms with Crippen molar-refractivity contribution in [1.82, 2.24) is 14.8 Å². The molecule has 0 radical (unpaired) electrons. The fourth-order valence-electron chi connectivity index (χ4n) is 1.95. The molecule has 0 N–H and O–H groups in total. The number of halogens is 2. The average Bonchev–Trinajstić information content (AvgIpc) is 2.79. The summed E-state index contributed by atoms with van der Waals surface area (Å²) in [7, 11) is 0. The molecule has 1 aromatic heterocycles. The maximum Gasteiger partial charge on any atom is 0.376 e. The second kappa shape index (κ2) is 6.91. The van der Waals surface area contributed by atoms with Gasteiger partial charge in [-0.2, -0.15) is 0 Å². The van der Waals surface area contributed by atoms with Gasteiger partial charge in [-0.25, -0.2) is 4.79 Å². The Morgan fingerprint density at radius 1 is 1.33 bits per heavy atom. The minimum atomic E-state index is -0.472. The first-order valence-electron chi connectivity index (χ1n) is 6.53. The van der Waals surface area contributed by atoms with Crippen molar-refractivity contribution in [3.05, 3.63) is 45.5 Å². The van der Waals surface area contributed by atoms with Crippen LogP contribution >= 0.6 is 23.2 Å². The molecule has 0 bridgehead atoms. The van der Waals surface area contributed by atoms with Crippen LogP contribution in [0.15, 0.2) is 18.2 Å². The van der Waals surface area contributed by atoms with Crippen LogP contribution in [0.25, 0.3) is 0 Å². The van der Waals surface area contributed by atoms with Crippen molar-refractivity contribution in [3.63, 3.8) is 0 Å². The quantitative estimate of drug-likeness (QED) is 0.790. The summed E-state index contributed by atoms with van der Waals surface area (Å²) < 4.78 is 6.69. The van der Waals surface area contributed by atoms with E-state index in [1.807, 2.05) is 6.07 Å². The molecule has 0 aliphatic heterocycles. The third-order valence-corrected chi connectivity index (χ3v) is 3.60. The third kappa shape index (κ3) is 3.74. The van der Waals surface area contributed by atoms with E-state index in [1.54, 1.807) is 30.5 Å². The second-order valence-corrected chi connectivity index (χ2v) is 5.27. The van der Waals surface area contributed by atoms with Crippen molar-refractivity contribution in [2.45, 2.75) is 26.8 Å². The lowest BCUT2D eigenvalue weighted by Gasteiger charge is -2.09. The minimum absolute atomic E-state index is 0.208. The zero-order valence-corrected chi connectivity index (χ0v) is 13.3. The molecule has 0 saturated heterocycles. The van der Waals surface area contributed by atoms with Crippen LogP contribution in [0.5, 0.6) is 0 Å². The Hall–Kier alpha value is -1.59. The molecule has 0 unspecified atom stereocenters. The second-order valence-electron chi connectivity index (χ2n) is 4.43. The van der Waals surface area contributed by atoms with Gasteiger partial charge in [0.1, 0.15) is 5.82 Å². The number of aryl methyl sites for hydroxylation is 2. The lowest BCUT2D eigenvalue weighted by atomic mass is 10.1. The van der Waals surface area contributed by atoms with Crippen LogP contribution in [0.2, 0.25) is 10.0 Å². The van der Waals surface area contributed by atoms with Crippen molar-refractivity contribution in [3.8, 4) is 0 Å². The standard InChI is InChI=1S/C14H15Cl2N3O2/c1-3-21-14(20)13-18-17-9(2)19(13)7-6-10-4-5-11(15)8-12(10)16/h4-5,8H,3,6-7H2,1-2H3. The van der Waals surface area contributed by atoms with Crippen molar-refractivity contribution in [2.24, 2.45) is 0 Å². The van der Waals surface area contributed by atoms with E-state index in [9.17, 15) is 4.79 Å². The highest BCUT2D eigenvalue weighted by atomic mass is 35.5. The number of aromatic nitrogens is 3. The van der Waals surface area contributed by atoms with Gasteiger partial charge in [0, 0.05) is 16.6 Å². The Morgan fingerprint density at radius 3 is 2.76 bits per heavy atom. The fraction of sp³-hybridized carbons (Fsp3) is 0.357. The normalized spacial score (nSPS) is 10.7. The predicted molar refractivity (Wildman–Crippen MR) is 80.9 cm³/mol. The topological polar surface area (TPSA) is 57.0 Å². The van der Waals surface area contributed by atoms with Gasteiger partial charge in [-0.05, 0) is 38.0 Å². The molecule has 21 heavy (non-hydrogen) atoms. The van der Waals surface area contributed by atoms with Gasteiger partial charge in [0.15, 0.2) is 0 Å². The fourth-order valence-corrected chi connectivity index (χ4v) is 2.45. The molecule has 5 nitrogen and oxygen atoms in total. The van der Waals surface area contributed by atoms with Gasteiger partial charge in [-0.3, -0.25) is 0 Å². The third-order valence-electron chi connectivity index (χ3n) is 3.01. The van der Waals surface area contributed by atoms with E-state index in [1.165, 1.54) is 0 Å². The van der Waals surface area contributed by atoms with E-state index in [2.05, 4.69) is 10.2 Å². The van der Waals surface area contributed by atoms with Gasteiger partial charge >= 0.3 is 5.97 Å². The summed E-state index contributed by atoms with van der Waals surface area (Å²) in [5.74, 6) is 0.392. The van der Waals surface area contributed by atoms with E-state index in [0.29, 0.717) is 35.4 Å². The zero-order chi connectivity index (χ0) is 15.4. The molecule has 0 spiro atoms. The van der Waals surface area contributed by atoms with Crippen molar-refractivity contribution >= 4 is 29.2 Å². The summed E-state index contributed by atoms with van der Waals surface area (Å²) in [6.07, 6.45) is 0.640. The number of carbonyl (C=O) groups excluding carboxylic acids is 1. The Morgan fingerprint density at radius 2 is 2.10 bits per heavy atom. The molecular formula is C14H15Cl2N3O2. The van der Waals surface area contributed by atoms with E-state index < -0.39 is 5.97 Å². The van der Waals surface area contributed by atoms with Gasteiger partial charge in [0.25, 0.3) is 0 Å². The maximum absolute atomic E-state index is 11.8. The Balaban J connectivity index is 2.16. The highest BCUT2D eigenvalue weighted by Gasteiger charge is 2.18. The molecule has 0 aliphatic rings. The van der Waals surface area contributed by atoms with Crippen LogP contribution in [0.4, 0.5) is 0 Å². The number of hydrogen-bond donors (Lipinski definition) is 0. The largest absolute Gasteiger partial charge is 0.460 e. The number of esters is 1. The van der Waals surface area contributed by atoms with Gasteiger partial charge in [0.2, 0.25) is 5.82 Å². The average molecular weight is 328 g/mol. The number of rotatable bonds is 5. The number of hydrogen-bond acceptors (Lipinski definition) is 4. The summed E-state index contributed by atoms with van der Waals surface area (Å²) in [6.45, 7) is 4.38. The van der Waals surface area contributed by atoms with Crippen LogP contribution in [-0.2, 0) is 17.7 Å². The molecule has 2 rings (SSSR count). The molecule has 0 fully saturated rings. The number of ether oxygens (including phenoxy) is 1. The first-order chi connectivity index (χ1) is 10.0. The summed E-state index contributed by atoms with van der Waals surface area (Å²) in [5, 5.41) is 8.99. The summed E-state index contributed by atoms with van der Waals surface area (Å²) in [6, 6.07) is 5.35. The number of carbonyl (C=O) groups is 1. The minimum Gasteiger partial charge on any atom is -0.460 e. The number of benzene rings is 1. The predicted octanol–water partition coefficient (Wildman–Crippen LogP) is 3.31. The molecule has 1 aromatic carbocycles. The summed E-state index contributed by atoms with van der Waals surface area (Å²) in [4.78, 5) is 11.8. The highest BCUT2D eigenvalue weighted by molar-refractivity contribution is 6.35. The lowest BCUT2D eigenvalue weighted by Crippen LogP contribution is -2.15. The van der Waals surface area contributed by atoms with Crippen molar-refractivity contribution < 1.29 is 9.53 Å². The highest BCUT2D eigenvalue weighted by Crippen LogP contribution is 2.22. The van der Waals surface area contributed by atoms with Gasteiger partial charge in [-0.15, -0.1) is 10.2 Å². The molecule has 112 valence electrons. The monoisotopic (exact) mass is 327 g/mol. The summed E-state index contributed by atoms with van der Waals surface area (Å²) in [5.41, 5.74) is 0.948. The summed E-state index contributed by atoms with van der Waals surface area (Å²) >= 11 is 12.0. The van der Waals surface area contributed by atoms with Gasteiger partial charge in [0.05, 0.1) is 6.61 Å². The van der Waals surface area contributed by atoms with Crippen molar-refractivity contribution in [1.29, 1.82) is 0 Å². The van der Waals surface area contributed by atoms with Gasteiger partial charge < -0.3 is 9.30 Å². The molecule has 0 amide bonds. The van der Waals surface area contributed by atoms with Crippen molar-refractivity contribution in [2.75, 3.05) is 6.61 Å². The molecule has 0 aliphatic carbocycles. The van der Waals surface area contributed by atoms with Crippen LogP contribution < -0.4 is 0 Å². The molecule has 0 saturated carbocycles. The van der Waals surface area contributed by atoms with E-state index >= 15 is 0 Å². The van der Waals surface area contributed by atoms with Crippen LogP contribution in [0.1, 0.15) is 28.9 Å². The maximum atomic E-state index is 11.8. The molecule has 2 aromatic rings. The SMILES string of the molecule is CCOC(=O)c1nnc(C)n1CCc1ccc(Cl)cc1Cl. The zero-order valence-electron chi connectivity index (χ0n) is 11.8. The number of nitrogens with zero attached hydrogens (tertiary/aromatic N) is 3. The Labute approximate surface area is 132 Å². The molecular weight excluding hydrogens is 313 g/mol. The molecule has 7 heteroatoms. The Kier molecular flexibility index (Phi) is 5.20. The smallest absolute Gasteiger partial charge is 0.376 e. The Bertz CT molecular complexity index is 656. The first-order valence-corrected chi connectivity index (χ1v) is 7.29. The van der Waals surface area contributed by atoms with Crippen LogP contribution in [0, 0.1) is 6.92 Å². The first kappa shape index (κ1) is 15.8. The van der Waals surface area contributed by atoms with E-state index in [4.69, 9.17) is 27.9 Å². The van der Waals surface area contributed by atoms with Crippen LogP contribution in [0.3, 0.4) is 0 Å². The molecule has 1 heterocycles. The lowest BCUT2D eigenvalue weighted by molar-refractivity contribution is 0.0505. The van der Waals surface area contributed by atoms with E-state index in [0.717, 1.165) is 5.56 Å². The van der Waals surface area contributed by atoms with E-state index in [-0.39, 0.29) is 5.82 Å². The molecule has 0 atom stereocenters. The van der Waals surface area contributed by atoms with Crippen LogP contribution in [-0.4, -0.2) is 27.3 Å². The van der Waals surface area contributed by atoms with Gasteiger partial charge in [-0.1, -0.05) is 29.3 Å².